The van der Waals surface area contributed by atoms with E-state index in [2.05, 4.69) is 0 Å². The van der Waals surface area contributed by atoms with Gasteiger partial charge in [0.15, 0.2) is 11.5 Å². The third-order valence-corrected chi connectivity index (χ3v) is 5.20. The van der Waals surface area contributed by atoms with Gasteiger partial charge in [0.1, 0.15) is 4.70 Å². The summed E-state index contributed by atoms with van der Waals surface area (Å²) in [5.74, 6) is 1.09. The maximum atomic E-state index is 11.5. The Labute approximate surface area is 121 Å². The molecule has 1 heterocycles. The predicted molar refractivity (Wildman–Crippen MR) is 76.0 cm³/mol. The van der Waals surface area contributed by atoms with Crippen LogP contribution >= 0.6 is 11.3 Å². The molecule has 2 rings (SSSR count). The van der Waals surface area contributed by atoms with Crippen LogP contribution in [0.2, 0.25) is 0 Å². The molecule has 1 unspecified atom stereocenters. The minimum Gasteiger partial charge on any atom is -0.493 e. The summed E-state index contributed by atoms with van der Waals surface area (Å²) in [5, 5.41) is -1.01. The molecule has 8 heteroatoms. The van der Waals surface area contributed by atoms with Gasteiger partial charge in [-0.3, -0.25) is 4.55 Å². The van der Waals surface area contributed by atoms with E-state index in [-0.39, 0.29) is 6.42 Å². The van der Waals surface area contributed by atoms with Crippen LogP contribution in [0.25, 0.3) is 10.2 Å². The molecule has 1 N–H and O–H groups in total. The number of benzene rings is 1. The first kappa shape index (κ1) is 15.0. The normalized spacial score (nSPS) is 13.4. The molecule has 1 atom stereocenters. The molecule has 0 radical (unpaired) electrons. The third-order valence-electron chi connectivity index (χ3n) is 3.04. The maximum Gasteiger partial charge on any atom is 0.329 e. The number of hydrogen-bond donors (Lipinski definition) is 1. The van der Waals surface area contributed by atoms with Gasteiger partial charge >= 0.3 is 10.1 Å². The first-order valence-corrected chi connectivity index (χ1v) is 8.31. The van der Waals surface area contributed by atoms with Crippen molar-refractivity contribution in [1.29, 1.82) is 0 Å². The topological polar surface area (TPSA) is 76.7 Å². The van der Waals surface area contributed by atoms with E-state index < -0.39 is 15.5 Å². The standard InChI is InChI=1S/C12H15NO5S2/c1-4-12(20(14,15)16)13-7-19-11-6-10(18-3)9(17-2)5-8(11)13/h5-7,12H,4H2,1-3H3/p+1. The zero-order valence-corrected chi connectivity index (χ0v) is 13.0. The van der Waals surface area contributed by atoms with E-state index in [4.69, 9.17) is 9.47 Å². The van der Waals surface area contributed by atoms with Crippen molar-refractivity contribution in [1.82, 2.24) is 0 Å². The Balaban J connectivity index is 2.67. The summed E-state index contributed by atoms with van der Waals surface area (Å²) in [7, 11) is -1.11. The van der Waals surface area contributed by atoms with Crippen molar-refractivity contribution in [3.8, 4) is 11.5 Å². The Kier molecular flexibility index (Phi) is 4.17. The SMILES string of the molecule is CCC([n+]1csc2cc(OC)c(OC)cc21)S(=O)(=O)O. The van der Waals surface area contributed by atoms with Gasteiger partial charge in [-0.1, -0.05) is 18.3 Å². The first-order chi connectivity index (χ1) is 9.42. The van der Waals surface area contributed by atoms with Crippen LogP contribution in [0.15, 0.2) is 17.6 Å². The van der Waals surface area contributed by atoms with Gasteiger partial charge in [-0.2, -0.15) is 13.0 Å². The minimum absolute atomic E-state index is 0.268. The van der Waals surface area contributed by atoms with Crippen molar-refractivity contribution >= 4 is 31.7 Å². The monoisotopic (exact) mass is 318 g/mol. The second kappa shape index (κ2) is 5.55. The van der Waals surface area contributed by atoms with Gasteiger partial charge in [0.25, 0.3) is 5.37 Å². The molecule has 0 saturated heterocycles. The molecule has 0 aliphatic heterocycles. The summed E-state index contributed by atoms with van der Waals surface area (Å²) in [6.07, 6.45) is 0.268. The molecule has 0 aliphatic carbocycles. The number of hydrogen-bond acceptors (Lipinski definition) is 5. The second-order valence-corrected chi connectivity index (χ2v) is 6.64. The van der Waals surface area contributed by atoms with E-state index in [0.29, 0.717) is 17.0 Å². The highest BCUT2D eigenvalue weighted by Crippen LogP contribution is 2.33. The quantitative estimate of drug-likeness (QED) is 0.674. The molecule has 6 nitrogen and oxygen atoms in total. The molecule has 0 saturated carbocycles. The summed E-state index contributed by atoms with van der Waals surface area (Å²) in [6.45, 7) is 1.70. The largest absolute Gasteiger partial charge is 0.493 e. The molecule has 1 aromatic heterocycles. The Morgan fingerprint density at radius 1 is 1.30 bits per heavy atom. The van der Waals surface area contributed by atoms with E-state index in [0.717, 1.165) is 4.70 Å². The van der Waals surface area contributed by atoms with Gasteiger partial charge in [-0.15, -0.1) is 0 Å². The van der Waals surface area contributed by atoms with Crippen LogP contribution in [-0.2, 0) is 10.1 Å². The van der Waals surface area contributed by atoms with Crippen LogP contribution in [0, 0.1) is 0 Å². The number of fused-ring (bicyclic) bond motifs is 1. The molecule has 1 aromatic carbocycles. The lowest BCUT2D eigenvalue weighted by molar-refractivity contribution is -0.673. The zero-order chi connectivity index (χ0) is 14.9. The maximum absolute atomic E-state index is 11.5. The number of methoxy groups -OCH3 is 2. The smallest absolute Gasteiger partial charge is 0.329 e. The van der Waals surface area contributed by atoms with Crippen molar-refractivity contribution in [2.24, 2.45) is 0 Å². The summed E-state index contributed by atoms with van der Waals surface area (Å²) in [4.78, 5) is 0. The number of thiazole rings is 1. The lowest BCUT2D eigenvalue weighted by Gasteiger charge is -2.08. The molecule has 2 aromatic rings. The highest BCUT2D eigenvalue weighted by molar-refractivity contribution is 7.85. The lowest BCUT2D eigenvalue weighted by Crippen LogP contribution is -2.42. The van der Waals surface area contributed by atoms with Crippen LogP contribution in [0.3, 0.4) is 0 Å². The van der Waals surface area contributed by atoms with Crippen LogP contribution in [-0.4, -0.2) is 27.2 Å². The molecule has 0 aliphatic rings. The van der Waals surface area contributed by atoms with Gasteiger partial charge in [0.2, 0.25) is 11.0 Å². The van der Waals surface area contributed by atoms with Gasteiger partial charge in [-0.25, -0.2) is 0 Å². The van der Waals surface area contributed by atoms with Crippen LogP contribution < -0.4 is 14.0 Å². The lowest BCUT2D eigenvalue weighted by atomic mass is 10.3. The van der Waals surface area contributed by atoms with Crippen molar-refractivity contribution in [2.45, 2.75) is 18.7 Å². The fourth-order valence-corrected chi connectivity index (χ4v) is 4.00. The molecule has 20 heavy (non-hydrogen) atoms. The van der Waals surface area contributed by atoms with Gasteiger partial charge in [0, 0.05) is 12.5 Å². The van der Waals surface area contributed by atoms with Gasteiger partial charge in [0.05, 0.1) is 20.3 Å². The van der Waals surface area contributed by atoms with E-state index in [1.54, 1.807) is 31.7 Å². The van der Waals surface area contributed by atoms with Crippen molar-refractivity contribution < 1.29 is 27.0 Å². The fraction of sp³-hybridized carbons (Fsp3) is 0.417. The van der Waals surface area contributed by atoms with E-state index in [9.17, 15) is 13.0 Å². The van der Waals surface area contributed by atoms with E-state index in [1.807, 2.05) is 0 Å². The number of ether oxygens (including phenoxy) is 2. The minimum atomic E-state index is -4.17. The highest BCUT2D eigenvalue weighted by Gasteiger charge is 2.33. The number of rotatable bonds is 5. The number of aromatic nitrogens is 1. The second-order valence-electron chi connectivity index (χ2n) is 4.18. The Morgan fingerprint density at radius 2 is 1.90 bits per heavy atom. The summed E-state index contributed by atoms with van der Waals surface area (Å²) in [6, 6.07) is 3.49. The third kappa shape index (κ3) is 2.58. The van der Waals surface area contributed by atoms with Crippen LogP contribution in [0.5, 0.6) is 11.5 Å². The number of nitrogens with zero attached hydrogens (tertiary/aromatic N) is 1. The average Bonchev–Trinajstić information content (AvgIpc) is 2.79. The van der Waals surface area contributed by atoms with Crippen LogP contribution in [0.4, 0.5) is 0 Å². The predicted octanol–water partition coefficient (Wildman–Crippen LogP) is 2.00. The Morgan fingerprint density at radius 3 is 2.40 bits per heavy atom. The Hall–Kier alpha value is -1.38. The molecule has 0 fully saturated rings. The van der Waals surface area contributed by atoms with Gasteiger partial charge in [-0.05, 0) is 0 Å². The Bertz CT molecular complexity index is 723. The fourth-order valence-electron chi connectivity index (χ4n) is 2.09. The van der Waals surface area contributed by atoms with E-state index >= 15 is 0 Å². The van der Waals surface area contributed by atoms with Gasteiger partial charge < -0.3 is 9.47 Å². The molecule has 0 spiro atoms. The van der Waals surface area contributed by atoms with Crippen molar-refractivity contribution in [3.05, 3.63) is 17.6 Å². The molecular formula is C12H16NO5S2+. The molecule has 110 valence electrons. The molecule has 0 amide bonds. The van der Waals surface area contributed by atoms with Crippen molar-refractivity contribution in [3.63, 3.8) is 0 Å². The highest BCUT2D eigenvalue weighted by atomic mass is 32.2. The van der Waals surface area contributed by atoms with E-state index in [1.165, 1.54) is 23.0 Å². The average molecular weight is 318 g/mol. The summed E-state index contributed by atoms with van der Waals surface area (Å²) < 4.78 is 45.1. The first-order valence-electron chi connectivity index (χ1n) is 5.93. The zero-order valence-electron chi connectivity index (χ0n) is 11.4. The summed E-state index contributed by atoms with van der Waals surface area (Å²) in [5.41, 5.74) is 2.35. The van der Waals surface area contributed by atoms with Crippen molar-refractivity contribution in [2.75, 3.05) is 14.2 Å². The molecule has 0 bridgehead atoms. The molecular weight excluding hydrogens is 302 g/mol. The summed E-state index contributed by atoms with van der Waals surface area (Å²) >= 11 is 1.37. The van der Waals surface area contributed by atoms with Crippen LogP contribution in [0.1, 0.15) is 18.7 Å².